The Kier molecular flexibility index (Phi) is 19.2. The van der Waals surface area contributed by atoms with Gasteiger partial charge in [-0.2, -0.15) is 0 Å². The molecule has 344 valence electrons. The van der Waals surface area contributed by atoms with E-state index in [0.29, 0.717) is 6.61 Å². The summed E-state index contributed by atoms with van der Waals surface area (Å²) in [4.78, 5) is 66.7. The molecule has 60 heavy (non-hydrogen) atoms. The number of aliphatic hydroxyl groups excluding tert-OH is 1. The van der Waals surface area contributed by atoms with Crippen molar-refractivity contribution in [2.75, 3.05) is 19.8 Å². The number of fused-ring (bicyclic) bond motifs is 1. The van der Waals surface area contributed by atoms with Crippen molar-refractivity contribution in [3.05, 3.63) is 0 Å². The number of carbonyl (C=O) groups excluding carboxylic acids is 6. The molecule has 0 aromatic carbocycles. The number of halogens is 2. The van der Waals surface area contributed by atoms with Gasteiger partial charge in [-0.05, 0) is 34.1 Å². The van der Waals surface area contributed by atoms with Gasteiger partial charge in [-0.3, -0.25) is 28.8 Å². The number of ether oxygens (including phenoxy) is 12. The zero-order chi connectivity index (χ0) is 45.4. The second-order valence-corrected chi connectivity index (χ2v) is 17.9. The Morgan fingerprint density at radius 1 is 0.583 bits per heavy atom. The Morgan fingerprint density at radius 3 is 1.30 bits per heavy atom. The molecule has 5 aliphatic rings. The lowest BCUT2D eigenvalue weighted by Gasteiger charge is -2.42. The van der Waals surface area contributed by atoms with Crippen LogP contribution in [0.4, 0.5) is 0 Å². The first kappa shape index (κ1) is 51.8. The van der Waals surface area contributed by atoms with Crippen LogP contribution in [0, 0.1) is 17.8 Å². The van der Waals surface area contributed by atoms with Crippen LogP contribution >= 0.6 is 31.9 Å². The van der Waals surface area contributed by atoms with E-state index in [9.17, 15) is 33.9 Å². The zero-order valence-electron chi connectivity index (χ0n) is 36.0. The standard InChI is InChI=1S/2C13H19BrO7.C13H22O5/c2*1-6-10(5-18-7(2)15)21-13(14)12(20-9(4)17)11(6)19-8(3)16;1-12(2)15-6-9(17-12)7-5-8-11(10(7)14)18-13(3,4)16-8/h2*6,10-13H,5H2,1-4H3;7-11,14H,5-6H2,1-4H3/t6-,10+,11-,12+,13-;6-,10-,11+,12-,13+;7-,8+,9-,10+,11+/m011/s1. The molecule has 21 heteroatoms. The van der Waals surface area contributed by atoms with Crippen molar-refractivity contribution in [3.63, 3.8) is 0 Å². The van der Waals surface area contributed by atoms with Crippen molar-refractivity contribution in [2.24, 2.45) is 17.8 Å². The van der Waals surface area contributed by atoms with Gasteiger partial charge in [-0.25, -0.2) is 0 Å². The smallest absolute Gasteiger partial charge is 0.303 e. The molecular formula is C39H60Br2O19. The van der Waals surface area contributed by atoms with E-state index in [1.807, 2.05) is 27.7 Å². The van der Waals surface area contributed by atoms with Crippen molar-refractivity contribution in [1.82, 2.24) is 0 Å². The molecule has 0 unspecified atom stereocenters. The molecule has 15 atom stereocenters. The van der Waals surface area contributed by atoms with Crippen LogP contribution in [-0.4, -0.2) is 143 Å². The van der Waals surface area contributed by atoms with Gasteiger partial charge in [0, 0.05) is 59.3 Å². The Balaban J connectivity index is 0.000000241. The van der Waals surface area contributed by atoms with Gasteiger partial charge < -0.3 is 61.9 Å². The van der Waals surface area contributed by atoms with Crippen molar-refractivity contribution < 1.29 is 90.7 Å². The first-order valence-electron chi connectivity index (χ1n) is 19.6. The van der Waals surface area contributed by atoms with Gasteiger partial charge in [0.1, 0.15) is 31.5 Å². The highest BCUT2D eigenvalue weighted by Crippen LogP contribution is 2.44. The lowest BCUT2D eigenvalue weighted by Crippen LogP contribution is -2.55. The maximum absolute atomic E-state index is 11.3. The fourth-order valence-electron chi connectivity index (χ4n) is 7.48. The summed E-state index contributed by atoms with van der Waals surface area (Å²) in [7, 11) is 0. The summed E-state index contributed by atoms with van der Waals surface area (Å²) in [5, 5.41) is 9.05. The molecule has 1 N–H and O–H groups in total. The van der Waals surface area contributed by atoms with E-state index in [1.54, 1.807) is 13.8 Å². The number of hydrogen-bond acceptors (Lipinski definition) is 19. The minimum absolute atomic E-state index is 0.0258. The lowest BCUT2D eigenvalue weighted by molar-refractivity contribution is -0.212. The van der Waals surface area contributed by atoms with Crippen LogP contribution in [-0.2, 0) is 85.6 Å². The fourth-order valence-corrected chi connectivity index (χ4v) is 8.85. The Labute approximate surface area is 366 Å². The van der Waals surface area contributed by atoms with E-state index in [1.165, 1.54) is 41.5 Å². The Morgan fingerprint density at radius 2 is 0.967 bits per heavy atom. The largest absolute Gasteiger partial charge is 0.463 e. The van der Waals surface area contributed by atoms with Crippen LogP contribution in [0.1, 0.15) is 89.5 Å². The van der Waals surface area contributed by atoms with Crippen molar-refractivity contribution in [1.29, 1.82) is 0 Å². The Hall–Kier alpha value is -2.50. The molecule has 4 heterocycles. The summed E-state index contributed by atoms with van der Waals surface area (Å²) in [5.74, 6) is -4.58. The van der Waals surface area contributed by atoms with Crippen LogP contribution in [0.15, 0.2) is 0 Å². The van der Waals surface area contributed by atoms with E-state index in [-0.39, 0.29) is 49.3 Å². The second-order valence-electron chi connectivity index (χ2n) is 16.1. The first-order chi connectivity index (χ1) is 27.7. The number of rotatable bonds is 9. The van der Waals surface area contributed by atoms with Crippen molar-refractivity contribution >= 4 is 67.7 Å². The average Bonchev–Trinajstić information content (AvgIpc) is 3.73. The zero-order valence-corrected chi connectivity index (χ0v) is 39.2. The lowest BCUT2D eigenvalue weighted by atomic mass is 9.91. The number of carbonyl (C=O) groups is 6. The van der Waals surface area contributed by atoms with E-state index in [0.717, 1.165) is 6.42 Å². The van der Waals surface area contributed by atoms with E-state index in [2.05, 4.69) is 31.9 Å². The minimum atomic E-state index is -0.769. The summed E-state index contributed by atoms with van der Waals surface area (Å²) in [6.45, 7) is 19.4. The Bertz CT molecular complexity index is 1430. The van der Waals surface area contributed by atoms with Crippen LogP contribution in [0.3, 0.4) is 0 Å². The minimum Gasteiger partial charge on any atom is -0.463 e. The molecule has 5 rings (SSSR count). The molecular weight excluding hydrogens is 932 g/mol. The summed E-state index contributed by atoms with van der Waals surface area (Å²) >= 11 is 6.51. The fraction of sp³-hybridized carbons (Fsp3) is 0.846. The van der Waals surface area contributed by atoms with Gasteiger partial charge in [0.05, 0.1) is 37.1 Å². The topological polar surface area (TPSA) is 233 Å². The van der Waals surface area contributed by atoms with Gasteiger partial charge in [0.15, 0.2) is 33.8 Å². The molecule has 0 spiro atoms. The predicted molar refractivity (Wildman–Crippen MR) is 212 cm³/mol. The highest BCUT2D eigenvalue weighted by molar-refractivity contribution is 9.09. The highest BCUT2D eigenvalue weighted by Gasteiger charge is 2.56. The molecule has 0 amide bonds. The van der Waals surface area contributed by atoms with Crippen LogP contribution in [0.25, 0.3) is 0 Å². The van der Waals surface area contributed by atoms with Gasteiger partial charge in [0.2, 0.25) is 0 Å². The van der Waals surface area contributed by atoms with Crippen LogP contribution in [0.2, 0.25) is 0 Å². The number of alkyl halides is 2. The van der Waals surface area contributed by atoms with E-state index in [4.69, 9.17) is 56.8 Å². The predicted octanol–water partition coefficient (Wildman–Crippen LogP) is 3.38. The molecule has 0 aromatic heterocycles. The van der Waals surface area contributed by atoms with Gasteiger partial charge in [-0.1, -0.05) is 45.7 Å². The quantitative estimate of drug-likeness (QED) is 0.198. The summed E-state index contributed by atoms with van der Waals surface area (Å²) in [5.41, 5.74) is 0. The normalized spacial score (nSPS) is 37.4. The molecule has 1 saturated carbocycles. The molecule has 4 aliphatic heterocycles. The highest BCUT2D eigenvalue weighted by atomic mass is 79.9. The van der Waals surface area contributed by atoms with Gasteiger partial charge >= 0.3 is 35.8 Å². The third kappa shape index (κ3) is 15.1. The van der Waals surface area contributed by atoms with Crippen LogP contribution in [0.5, 0.6) is 0 Å². The molecule has 5 fully saturated rings. The monoisotopic (exact) mass is 990 g/mol. The third-order valence-corrected chi connectivity index (χ3v) is 11.6. The van der Waals surface area contributed by atoms with Crippen molar-refractivity contribution in [3.8, 4) is 0 Å². The molecule has 19 nitrogen and oxygen atoms in total. The summed E-state index contributed by atoms with van der Waals surface area (Å²) in [6.07, 6.45) is -4.00. The second kappa shape index (κ2) is 22.2. The summed E-state index contributed by atoms with van der Waals surface area (Å²) < 4.78 is 65.0. The number of esters is 6. The first-order valence-corrected chi connectivity index (χ1v) is 21.4. The molecule has 0 bridgehead atoms. The SMILES string of the molecule is CC(=O)OC[C@H]1O[C@H](Br)[C@H](OC(C)=O)[C@@H](OC(C)=O)[C@@H]1C.CC(=O)OC[C@H]1O[C@H](Br)[C@H](OC(C)=O)[C@@H](OC(C)=O)[C@H]1C.CC1(C)O[C@@H]2[C@@H](O)[C@@H]([C@H]3COC(C)(C)O3)C[C@@H]2O1. The van der Waals surface area contributed by atoms with Gasteiger partial charge in [-0.15, -0.1) is 0 Å². The van der Waals surface area contributed by atoms with Crippen LogP contribution < -0.4 is 0 Å². The van der Waals surface area contributed by atoms with Gasteiger partial charge in [0.25, 0.3) is 0 Å². The maximum Gasteiger partial charge on any atom is 0.303 e. The van der Waals surface area contributed by atoms with E-state index >= 15 is 0 Å². The number of aliphatic hydroxyl groups is 1. The molecule has 0 aromatic rings. The molecule has 0 radical (unpaired) electrons. The average molecular weight is 993 g/mol. The molecule has 4 saturated heterocycles. The number of hydrogen-bond donors (Lipinski definition) is 1. The summed E-state index contributed by atoms with van der Waals surface area (Å²) in [6, 6.07) is 0. The third-order valence-electron chi connectivity index (χ3n) is 10.1. The van der Waals surface area contributed by atoms with E-state index < -0.39 is 100 Å². The molecule has 1 aliphatic carbocycles. The maximum atomic E-state index is 11.3. The van der Waals surface area contributed by atoms with Crippen molar-refractivity contribution in [2.45, 2.75) is 172 Å².